The molecule has 1 atom stereocenters. The molecule has 3 heteroatoms. The van der Waals surface area contributed by atoms with E-state index in [1.807, 2.05) is 0 Å². The van der Waals surface area contributed by atoms with Crippen molar-refractivity contribution in [3.05, 3.63) is 29.6 Å². The molecule has 1 aromatic rings. The van der Waals surface area contributed by atoms with Crippen LogP contribution in [0.25, 0.3) is 0 Å². The van der Waals surface area contributed by atoms with Crippen LogP contribution in [0, 0.1) is 5.82 Å². The van der Waals surface area contributed by atoms with Crippen LogP contribution in [0.1, 0.15) is 37.8 Å². The summed E-state index contributed by atoms with van der Waals surface area (Å²) in [6.07, 6.45) is 3.24. The zero-order valence-electron chi connectivity index (χ0n) is 9.63. The van der Waals surface area contributed by atoms with Gasteiger partial charge in [0.05, 0.1) is 6.61 Å². The Balaban J connectivity index is 2.09. The monoisotopic (exact) mass is 223 g/mol. The molecule has 0 radical (unpaired) electrons. The molecule has 2 rings (SSSR count). The molecule has 0 fully saturated rings. The first kappa shape index (κ1) is 11.4. The molecule has 1 aliphatic rings. The normalized spacial score (nSPS) is 19.0. The van der Waals surface area contributed by atoms with Crippen LogP contribution in [0.15, 0.2) is 18.2 Å². The maximum atomic E-state index is 13.2. The number of halogens is 1. The zero-order chi connectivity index (χ0) is 11.4. The highest BCUT2D eigenvalue weighted by atomic mass is 19.1. The molecule has 1 unspecified atom stereocenters. The SMILES string of the molecule is CCCCNC1CCOc2ccc(F)cc21. The van der Waals surface area contributed by atoms with Crippen molar-refractivity contribution in [2.24, 2.45) is 0 Å². The first-order chi connectivity index (χ1) is 7.81. The average molecular weight is 223 g/mol. The summed E-state index contributed by atoms with van der Waals surface area (Å²) in [5.41, 5.74) is 0.961. The third-order valence-corrected chi connectivity index (χ3v) is 2.93. The van der Waals surface area contributed by atoms with Gasteiger partial charge in [-0.3, -0.25) is 0 Å². The smallest absolute Gasteiger partial charge is 0.124 e. The molecule has 16 heavy (non-hydrogen) atoms. The topological polar surface area (TPSA) is 21.3 Å². The van der Waals surface area contributed by atoms with Crippen molar-refractivity contribution in [2.75, 3.05) is 13.2 Å². The molecule has 1 heterocycles. The van der Waals surface area contributed by atoms with Gasteiger partial charge in [-0.1, -0.05) is 13.3 Å². The molecule has 0 aromatic heterocycles. The Morgan fingerprint density at radius 3 is 3.19 bits per heavy atom. The van der Waals surface area contributed by atoms with E-state index in [2.05, 4.69) is 12.2 Å². The maximum Gasteiger partial charge on any atom is 0.124 e. The van der Waals surface area contributed by atoms with Gasteiger partial charge in [0.1, 0.15) is 11.6 Å². The number of hydrogen-bond acceptors (Lipinski definition) is 2. The third kappa shape index (κ3) is 2.53. The van der Waals surface area contributed by atoms with Gasteiger partial charge in [0.2, 0.25) is 0 Å². The summed E-state index contributed by atoms with van der Waals surface area (Å²) in [5.74, 6) is 0.633. The quantitative estimate of drug-likeness (QED) is 0.792. The number of benzene rings is 1. The van der Waals surface area contributed by atoms with E-state index in [0.29, 0.717) is 6.61 Å². The number of unbranched alkanes of at least 4 members (excludes halogenated alkanes) is 1. The second kappa shape index (κ2) is 5.30. The van der Waals surface area contributed by atoms with E-state index in [9.17, 15) is 4.39 Å². The van der Waals surface area contributed by atoms with E-state index >= 15 is 0 Å². The highest BCUT2D eigenvalue weighted by Gasteiger charge is 2.21. The van der Waals surface area contributed by atoms with Crippen LogP contribution >= 0.6 is 0 Å². The van der Waals surface area contributed by atoms with Gasteiger partial charge >= 0.3 is 0 Å². The summed E-state index contributed by atoms with van der Waals surface area (Å²) in [4.78, 5) is 0. The van der Waals surface area contributed by atoms with Crippen molar-refractivity contribution in [1.29, 1.82) is 0 Å². The molecule has 0 spiro atoms. The lowest BCUT2D eigenvalue weighted by molar-refractivity contribution is 0.252. The largest absolute Gasteiger partial charge is 0.493 e. The lowest BCUT2D eigenvalue weighted by atomic mass is 10.0. The highest BCUT2D eigenvalue weighted by molar-refractivity contribution is 5.37. The lowest BCUT2D eigenvalue weighted by Crippen LogP contribution is -2.27. The molecule has 2 nitrogen and oxygen atoms in total. The second-order valence-electron chi connectivity index (χ2n) is 4.18. The minimum Gasteiger partial charge on any atom is -0.493 e. The minimum atomic E-state index is -0.188. The van der Waals surface area contributed by atoms with Gasteiger partial charge in [0.15, 0.2) is 0 Å². The zero-order valence-corrected chi connectivity index (χ0v) is 9.63. The van der Waals surface area contributed by atoms with Gasteiger partial charge in [-0.05, 0) is 31.2 Å². The maximum absolute atomic E-state index is 13.2. The second-order valence-corrected chi connectivity index (χ2v) is 4.18. The minimum absolute atomic E-state index is 0.188. The van der Waals surface area contributed by atoms with Crippen LogP contribution in [0.4, 0.5) is 4.39 Å². The summed E-state index contributed by atoms with van der Waals surface area (Å²) in [6.45, 7) is 3.86. The predicted octanol–water partition coefficient (Wildman–Crippen LogP) is 3.04. The molecule has 0 aliphatic carbocycles. The Morgan fingerprint density at radius 1 is 1.50 bits per heavy atom. The van der Waals surface area contributed by atoms with Gasteiger partial charge in [0, 0.05) is 18.0 Å². The van der Waals surface area contributed by atoms with Crippen LogP contribution < -0.4 is 10.1 Å². The molecule has 0 amide bonds. The van der Waals surface area contributed by atoms with Crippen molar-refractivity contribution in [1.82, 2.24) is 5.32 Å². The van der Waals surface area contributed by atoms with E-state index < -0.39 is 0 Å². The van der Waals surface area contributed by atoms with Gasteiger partial charge in [-0.25, -0.2) is 4.39 Å². The van der Waals surface area contributed by atoms with Gasteiger partial charge < -0.3 is 10.1 Å². The molecule has 1 aliphatic heterocycles. The van der Waals surface area contributed by atoms with E-state index in [1.54, 1.807) is 12.1 Å². The van der Waals surface area contributed by atoms with Crippen LogP contribution in [-0.2, 0) is 0 Å². The van der Waals surface area contributed by atoms with E-state index in [-0.39, 0.29) is 11.9 Å². The lowest BCUT2D eigenvalue weighted by Gasteiger charge is -2.26. The van der Waals surface area contributed by atoms with Crippen LogP contribution in [0.5, 0.6) is 5.75 Å². The van der Waals surface area contributed by atoms with Crippen LogP contribution in [0.3, 0.4) is 0 Å². The first-order valence-electron chi connectivity index (χ1n) is 5.97. The number of hydrogen-bond donors (Lipinski definition) is 1. The standard InChI is InChI=1S/C13H18FNO/c1-2-3-7-15-12-6-8-16-13-5-4-10(14)9-11(12)13/h4-5,9,12,15H,2-3,6-8H2,1H3. The fraction of sp³-hybridized carbons (Fsp3) is 0.538. The summed E-state index contributed by atoms with van der Waals surface area (Å²) in [5, 5.41) is 3.46. The van der Waals surface area contributed by atoms with Crippen molar-refractivity contribution < 1.29 is 9.13 Å². The average Bonchev–Trinajstić information content (AvgIpc) is 2.30. The van der Waals surface area contributed by atoms with Crippen molar-refractivity contribution in [3.63, 3.8) is 0 Å². The molecule has 1 aromatic carbocycles. The summed E-state index contributed by atoms with van der Waals surface area (Å²) < 4.78 is 18.7. The molecule has 1 N–H and O–H groups in total. The van der Waals surface area contributed by atoms with Crippen molar-refractivity contribution in [3.8, 4) is 5.75 Å². The van der Waals surface area contributed by atoms with Crippen LogP contribution in [-0.4, -0.2) is 13.2 Å². The number of fused-ring (bicyclic) bond motifs is 1. The number of rotatable bonds is 4. The van der Waals surface area contributed by atoms with E-state index in [1.165, 1.54) is 12.5 Å². The Morgan fingerprint density at radius 2 is 2.38 bits per heavy atom. The fourth-order valence-electron chi connectivity index (χ4n) is 2.03. The Hall–Kier alpha value is -1.09. The molecule has 0 saturated carbocycles. The Labute approximate surface area is 95.8 Å². The van der Waals surface area contributed by atoms with Gasteiger partial charge in [0.25, 0.3) is 0 Å². The molecule has 0 saturated heterocycles. The fourth-order valence-corrected chi connectivity index (χ4v) is 2.03. The van der Waals surface area contributed by atoms with E-state index in [4.69, 9.17) is 4.74 Å². The summed E-state index contributed by atoms with van der Waals surface area (Å²) >= 11 is 0. The molecule has 0 bridgehead atoms. The van der Waals surface area contributed by atoms with Crippen molar-refractivity contribution in [2.45, 2.75) is 32.2 Å². The first-order valence-corrected chi connectivity index (χ1v) is 5.97. The van der Waals surface area contributed by atoms with Gasteiger partial charge in [-0.2, -0.15) is 0 Å². The Kier molecular flexibility index (Phi) is 3.78. The third-order valence-electron chi connectivity index (χ3n) is 2.93. The predicted molar refractivity (Wildman–Crippen MR) is 62.2 cm³/mol. The summed E-state index contributed by atoms with van der Waals surface area (Å²) in [7, 11) is 0. The van der Waals surface area contributed by atoms with E-state index in [0.717, 1.165) is 30.7 Å². The number of nitrogens with one attached hydrogen (secondary N) is 1. The molecular weight excluding hydrogens is 205 g/mol. The number of ether oxygens (including phenoxy) is 1. The Bertz CT molecular complexity index is 354. The summed E-state index contributed by atoms with van der Waals surface area (Å²) in [6, 6.07) is 5.00. The van der Waals surface area contributed by atoms with Crippen molar-refractivity contribution >= 4 is 0 Å². The molecule has 88 valence electrons. The van der Waals surface area contributed by atoms with Gasteiger partial charge in [-0.15, -0.1) is 0 Å². The highest BCUT2D eigenvalue weighted by Crippen LogP contribution is 2.32. The molecular formula is C13H18FNO. The van der Waals surface area contributed by atoms with Crippen LogP contribution in [0.2, 0.25) is 0 Å².